The Hall–Kier alpha value is -2.14. The molecule has 5 nitrogen and oxygen atoms in total. The first kappa shape index (κ1) is 9.42. The minimum Gasteiger partial charge on any atom is -0.759 e. The van der Waals surface area contributed by atoms with Gasteiger partial charge in [-0.3, -0.25) is 9.59 Å². The van der Waals surface area contributed by atoms with E-state index < -0.39 is 11.3 Å². The van der Waals surface area contributed by atoms with Crippen molar-refractivity contribution in [1.82, 2.24) is 5.48 Å². The highest BCUT2D eigenvalue weighted by Gasteiger charge is 2.10. The lowest BCUT2D eigenvalue weighted by Gasteiger charge is -2.06. The van der Waals surface area contributed by atoms with Crippen LogP contribution in [0, 0.1) is 5.21 Å². The highest BCUT2D eigenvalue weighted by atomic mass is 16.5. The Kier molecular flexibility index (Phi) is 2.23. The number of carbonyl (C=O) groups excluding carboxylic acids is 1. The fraction of sp³-hybridized carbons (Fsp3) is 0. The summed E-state index contributed by atoms with van der Waals surface area (Å²) in [7, 11) is 0. The molecule has 0 saturated heterocycles. The van der Waals surface area contributed by atoms with Gasteiger partial charge in [-0.2, -0.15) is 0 Å². The van der Waals surface area contributed by atoms with Crippen molar-refractivity contribution >= 4 is 16.9 Å². The molecule has 1 aromatic heterocycles. The second-order valence-corrected chi connectivity index (χ2v) is 2.91. The average Bonchev–Trinajstić information content (AvgIpc) is 2.29. The summed E-state index contributed by atoms with van der Waals surface area (Å²) in [4.78, 5) is 22.7. The normalized spacial score (nSPS) is 10.2. The van der Waals surface area contributed by atoms with Gasteiger partial charge in [-0.25, -0.2) is 0 Å². The highest BCUT2D eigenvalue weighted by Crippen LogP contribution is 2.10. The minimum absolute atomic E-state index is 0.276. The van der Waals surface area contributed by atoms with Crippen molar-refractivity contribution in [3.05, 3.63) is 51.5 Å². The zero-order valence-electron chi connectivity index (χ0n) is 7.52. The van der Waals surface area contributed by atoms with Crippen molar-refractivity contribution in [3.63, 3.8) is 0 Å². The lowest BCUT2D eigenvalue weighted by Crippen LogP contribution is -2.23. The van der Waals surface area contributed by atoms with Gasteiger partial charge in [0, 0.05) is 0 Å². The summed E-state index contributed by atoms with van der Waals surface area (Å²) in [5, 5.41) is 10.4. The third-order valence-corrected chi connectivity index (χ3v) is 2.02. The van der Waals surface area contributed by atoms with Crippen LogP contribution in [0.2, 0.25) is 0 Å². The molecule has 2 aromatic rings. The molecule has 76 valence electrons. The van der Waals surface area contributed by atoms with E-state index in [1.807, 2.05) is 0 Å². The number of hydroxylamine groups is 1. The van der Waals surface area contributed by atoms with E-state index in [0.29, 0.717) is 5.58 Å². The fourth-order valence-electron chi connectivity index (χ4n) is 1.29. The molecule has 1 heterocycles. The fourth-order valence-corrected chi connectivity index (χ4v) is 1.29. The first-order valence-electron chi connectivity index (χ1n) is 4.17. The molecule has 1 aromatic carbocycles. The SMILES string of the molecule is O=C(N[O-])c1coc2ccccc2c1=O. The molecular weight excluding hydrogens is 198 g/mol. The summed E-state index contributed by atoms with van der Waals surface area (Å²) in [5.41, 5.74) is 0.720. The van der Waals surface area contributed by atoms with Crippen molar-refractivity contribution in [3.8, 4) is 0 Å². The molecule has 0 fully saturated rings. The van der Waals surface area contributed by atoms with Crippen molar-refractivity contribution in [2.75, 3.05) is 0 Å². The molecule has 15 heavy (non-hydrogen) atoms. The standard InChI is InChI=1S/C10H6NO4/c12-9-6-3-1-2-4-8(6)15-5-7(9)10(13)11-14/h1-5H,(H-,11,13,14)/q-1. The zero-order valence-corrected chi connectivity index (χ0v) is 7.52. The van der Waals surface area contributed by atoms with Crippen LogP contribution in [-0.4, -0.2) is 5.91 Å². The van der Waals surface area contributed by atoms with Gasteiger partial charge >= 0.3 is 0 Å². The van der Waals surface area contributed by atoms with Gasteiger partial charge < -0.3 is 15.1 Å². The van der Waals surface area contributed by atoms with Gasteiger partial charge in [-0.05, 0) is 12.1 Å². The number of fused-ring (bicyclic) bond motifs is 1. The number of hydrogen-bond acceptors (Lipinski definition) is 4. The molecule has 0 radical (unpaired) electrons. The van der Waals surface area contributed by atoms with E-state index in [2.05, 4.69) is 0 Å². The molecule has 0 spiro atoms. The smallest absolute Gasteiger partial charge is 0.247 e. The molecule has 1 N–H and O–H groups in total. The van der Waals surface area contributed by atoms with E-state index in [1.54, 1.807) is 18.2 Å². The first-order chi connectivity index (χ1) is 7.24. The summed E-state index contributed by atoms with van der Waals surface area (Å²) < 4.78 is 5.05. The largest absolute Gasteiger partial charge is 0.759 e. The van der Waals surface area contributed by atoms with Crippen LogP contribution < -0.4 is 10.9 Å². The third-order valence-electron chi connectivity index (χ3n) is 2.02. The molecule has 2 rings (SSSR count). The summed E-state index contributed by atoms with van der Waals surface area (Å²) >= 11 is 0. The van der Waals surface area contributed by atoms with Crippen LogP contribution in [0.3, 0.4) is 0 Å². The summed E-state index contributed by atoms with van der Waals surface area (Å²) in [5.74, 6) is -0.991. The number of rotatable bonds is 1. The van der Waals surface area contributed by atoms with E-state index in [9.17, 15) is 14.8 Å². The Morgan fingerprint density at radius 1 is 1.33 bits per heavy atom. The van der Waals surface area contributed by atoms with Crippen LogP contribution in [0.5, 0.6) is 0 Å². The van der Waals surface area contributed by atoms with Crippen molar-refractivity contribution < 1.29 is 9.21 Å². The van der Waals surface area contributed by atoms with Crippen molar-refractivity contribution in [1.29, 1.82) is 0 Å². The second kappa shape index (κ2) is 3.55. The molecule has 0 atom stereocenters. The van der Waals surface area contributed by atoms with Crippen LogP contribution in [0.15, 0.2) is 39.7 Å². The van der Waals surface area contributed by atoms with E-state index in [-0.39, 0.29) is 10.9 Å². The number of hydrogen-bond donors (Lipinski definition) is 1. The van der Waals surface area contributed by atoms with E-state index in [1.165, 1.54) is 6.07 Å². The summed E-state index contributed by atoms with van der Waals surface area (Å²) in [6.45, 7) is 0. The van der Waals surface area contributed by atoms with E-state index in [4.69, 9.17) is 4.42 Å². The Morgan fingerprint density at radius 2 is 2.07 bits per heavy atom. The number of benzene rings is 1. The van der Waals surface area contributed by atoms with E-state index in [0.717, 1.165) is 11.7 Å². The Balaban J connectivity index is 2.76. The maximum Gasteiger partial charge on any atom is 0.247 e. The number of para-hydroxylation sites is 1. The van der Waals surface area contributed by atoms with Crippen LogP contribution in [0.4, 0.5) is 0 Å². The van der Waals surface area contributed by atoms with Gasteiger partial charge in [0.25, 0.3) is 0 Å². The average molecular weight is 204 g/mol. The predicted molar refractivity (Wildman–Crippen MR) is 53.3 cm³/mol. The van der Waals surface area contributed by atoms with Crippen molar-refractivity contribution in [2.45, 2.75) is 0 Å². The van der Waals surface area contributed by atoms with Crippen molar-refractivity contribution in [2.24, 2.45) is 0 Å². The second-order valence-electron chi connectivity index (χ2n) is 2.91. The predicted octanol–water partition coefficient (Wildman–Crippen LogP) is 1.02. The molecule has 0 aliphatic carbocycles. The van der Waals surface area contributed by atoms with Gasteiger partial charge in [-0.1, -0.05) is 12.1 Å². The van der Waals surface area contributed by atoms with E-state index >= 15 is 0 Å². The van der Waals surface area contributed by atoms with Gasteiger partial charge in [0.05, 0.1) is 5.39 Å². The summed E-state index contributed by atoms with van der Waals surface area (Å²) in [6.07, 6.45) is 0.984. The van der Waals surface area contributed by atoms with Gasteiger partial charge in [0.2, 0.25) is 11.3 Å². The molecule has 0 aliphatic heterocycles. The topological polar surface area (TPSA) is 82.4 Å². The zero-order chi connectivity index (χ0) is 10.8. The molecule has 1 amide bonds. The molecule has 0 aliphatic rings. The monoisotopic (exact) mass is 204 g/mol. The Bertz CT molecular complexity index is 573. The van der Waals surface area contributed by atoms with Gasteiger partial charge in [0.15, 0.2) is 0 Å². The molecule has 5 heteroatoms. The van der Waals surface area contributed by atoms with Crippen LogP contribution in [0.1, 0.15) is 10.4 Å². The Labute approximate surface area is 83.9 Å². The molecule has 0 unspecified atom stereocenters. The third kappa shape index (κ3) is 1.49. The number of carbonyl (C=O) groups is 1. The minimum atomic E-state index is -0.991. The van der Waals surface area contributed by atoms with Crippen LogP contribution in [-0.2, 0) is 0 Å². The van der Waals surface area contributed by atoms with Gasteiger partial charge in [0.1, 0.15) is 17.4 Å². The van der Waals surface area contributed by atoms with Crippen LogP contribution >= 0.6 is 0 Å². The summed E-state index contributed by atoms with van der Waals surface area (Å²) in [6, 6.07) is 6.50. The highest BCUT2D eigenvalue weighted by molar-refractivity contribution is 5.96. The Morgan fingerprint density at radius 3 is 2.80 bits per heavy atom. The molecule has 0 bridgehead atoms. The number of nitrogens with one attached hydrogen (secondary N) is 1. The van der Waals surface area contributed by atoms with Gasteiger partial charge in [-0.15, -0.1) is 0 Å². The lowest BCUT2D eigenvalue weighted by molar-refractivity contribution is 0.0967. The number of amides is 1. The quantitative estimate of drug-likeness (QED) is 0.703. The maximum absolute atomic E-state index is 11.7. The lowest BCUT2D eigenvalue weighted by atomic mass is 10.2. The molecular formula is C10H6NO4-. The first-order valence-corrected chi connectivity index (χ1v) is 4.17. The molecule has 0 saturated carbocycles. The maximum atomic E-state index is 11.7. The van der Waals surface area contributed by atoms with Crippen LogP contribution in [0.25, 0.3) is 11.0 Å².